The SMILES string of the molecule is CCc1cc(C(=O)N(C)CC(=O)NC)cc(Cl)n1. The summed E-state index contributed by atoms with van der Waals surface area (Å²) in [6, 6.07) is 3.19. The molecule has 1 rings (SSSR count). The van der Waals surface area contributed by atoms with Gasteiger partial charge in [-0.25, -0.2) is 4.98 Å². The number of hydrogen-bond acceptors (Lipinski definition) is 3. The smallest absolute Gasteiger partial charge is 0.254 e. The second-order valence-electron chi connectivity index (χ2n) is 3.86. The topological polar surface area (TPSA) is 62.3 Å². The number of halogens is 1. The van der Waals surface area contributed by atoms with Gasteiger partial charge in [0.1, 0.15) is 5.15 Å². The van der Waals surface area contributed by atoms with Gasteiger partial charge < -0.3 is 10.2 Å². The van der Waals surface area contributed by atoms with E-state index in [1.807, 2.05) is 6.92 Å². The van der Waals surface area contributed by atoms with Crippen LogP contribution in [0.4, 0.5) is 0 Å². The lowest BCUT2D eigenvalue weighted by Gasteiger charge is -2.16. The molecule has 2 amide bonds. The van der Waals surface area contributed by atoms with Crippen molar-refractivity contribution < 1.29 is 9.59 Å². The van der Waals surface area contributed by atoms with Gasteiger partial charge in [0.15, 0.2) is 0 Å². The Morgan fingerprint density at radius 2 is 2.11 bits per heavy atom. The highest BCUT2D eigenvalue weighted by molar-refractivity contribution is 6.29. The van der Waals surface area contributed by atoms with Gasteiger partial charge >= 0.3 is 0 Å². The highest BCUT2D eigenvalue weighted by atomic mass is 35.5. The number of nitrogens with one attached hydrogen (secondary N) is 1. The normalized spacial score (nSPS) is 10.0. The fraction of sp³-hybridized carbons (Fsp3) is 0.417. The molecule has 0 fully saturated rings. The summed E-state index contributed by atoms with van der Waals surface area (Å²) >= 11 is 5.85. The molecule has 1 N–H and O–H groups in total. The molecule has 0 aromatic carbocycles. The largest absolute Gasteiger partial charge is 0.358 e. The van der Waals surface area contributed by atoms with E-state index in [0.717, 1.165) is 5.69 Å². The van der Waals surface area contributed by atoms with Crippen molar-refractivity contribution in [3.63, 3.8) is 0 Å². The van der Waals surface area contributed by atoms with Crippen LogP contribution in [0, 0.1) is 0 Å². The summed E-state index contributed by atoms with van der Waals surface area (Å²) < 4.78 is 0. The van der Waals surface area contributed by atoms with Crippen LogP contribution in [0.3, 0.4) is 0 Å². The molecule has 98 valence electrons. The van der Waals surface area contributed by atoms with Crippen LogP contribution in [0.25, 0.3) is 0 Å². The standard InChI is InChI=1S/C12H16ClN3O2/c1-4-9-5-8(6-10(13)15-9)12(18)16(3)7-11(17)14-2/h5-6H,4,7H2,1-3H3,(H,14,17). The van der Waals surface area contributed by atoms with Crippen molar-refractivity contribution in [3.05, 3.63) is 28.5 Å². The molecule has 1 aromatic heterocycles. The van der Waals surface area contributed by atoms with E-state index in [0.29, 0.717) is 12.0 Å². The third-order valence-electron chi connectivity index (χ3n) is 2.46. The zero-order valence-electron chi connectivity index (χ0n) is 10.7. The van der Waals surface area contributed by atoms with Gasteiger partial charge in [-0.1, -0.05) is 18.5 Å². The molecule has 1 aromatic rings. The highest BCUT2D eigenvalue weighted by Gasteiger charge is 2.15. The van der Waals surface area contributed by atoms with E-state index in [9.17, 15) is 9.59 Å². The van der Waals surface area contributed by atoms with Crippen LogP contribution in [0.1, 0.15) is 23.0 Å². The number of nitrogens with zero attached hydrogens (tertiary/aromatic N) is 2. The van der Waals surface area contributed by atoms with Gasteiger partial charge in [-0.3, -0.25) is 9.59 Å². The van der Waals surface area contributed by atoms with E-state index < -0.39 is 0 Å². The molecule has 0 radical (unpaired) electrons. The summed E-state index contributed by atoms with van der Waals surface area (Å²) in [6.45, 7) is 1.94. The van der Waals surface area contributed by atoms with Crippen molar-refractivity contribution in [1.29, 1.82) is 0 Å². The molecule has 0 atom stereocenters. The summed E-state index contributed by atoms with van der Waals surface area (Å²) in [5.41, 5.74) is 1.19. The van der Waals surface area contributed by atoms with Crippen LogP contribution < -0.4 is 5.32 Å². The van der Waals surface area contributed by atoms with Crippen LogP contribution in [0.5, 0.6) is 0 Å². The van der Waals surface area contributed by atoms with Crippen molar-refractivity contribution in [2.24, 2.45) is 0 Å². The maximum absolute atomic E-state index is 12.1. The molecule has 0 saturated heterocycles. The van der Waals surface area contributed by atoms with Gasteiger partial charge in [0.25, 0.3) is 5.91 Å². The third kappa shape index (κ3) is 3.70. The van der Waals surface area contributed by atoms with Crippen molar-refractivity contribution in [3.8, 4) is 0 Å². The van der Waals surface area contributed by atoms with Gasteiger partial charge in [0.05, 0.1) is 6.54 Å². The molecule has 0 saturated carbocycles. The maximum atomic E-state index is 12.1. The predicted molar refractivity (Wildman–Crippen MR) is 69.7 cm³/mol. The van der Waals surface area contributed by atoms with E-state index in [-0.39, 0.29) is 23.5 Å². The van der Waals surface area contributed by atoms with Crippen molar-refractivity contribution in [1.82, 2.24) is 15.2 Å². The minimum atomic E-state index is -0.252. The monoisotopic (exact) mass is 269 g/mol. The molecule has 0 aliphatic heterocycles. The maximum Gasteiger partial charge on any atom is 0.254 e. The lowest BCUT2D eigenvalue weighted by atomic mass is 10.2. The summed E-state index contributed by atoms with van der Waals surface area (Å²) in [7, 11) is 3.09. The number of aromatic nitrogens is 1. The molecular weight excluding hydrogens is 254 g/mol. The molecule has 6 heteroatoms. The molecule has 5 nitrogen and oxygen atoms in total. The number of aryl methyl sites for hydroxylation is 1. The fourth-order valence-corrected chi connectivity index (χ4v) is 1.67. The number of carbonyl (C=O) groups is 2. The Morgan fingerprint density at radius 3 is 2.67 bits per heavy atom. The number of carbonyl (C=O) groups excluding carboxylic acids is 2. The Balaban J connectivity index is 2.89. The van der Waals surface area contributed by atoms with E-state index >= 15 is 0 Å². The van der Waals surface area contributed by atoms with E-state index in [4.69, 9.17) is 11.6 Å². The Labute approximate surface area is 111 Å². The predicted octanol–water partition coefficient (Wildman–Crippen LogP) is 1.12. The summed E-state index contributed by atoms with van der Waals surface area (Å²) in [5.74, 6) is -0.473. The van der Waals surface area contributed by atoms with Crippen LogP contribution in [-0.4, -0.2) is 42.3 Å². The van der Waals surface area contributed by atoms with Crippen LogP contribution >= 0.6 is 11.6 Å². The minimum absolute atomic E-state index is 0.0106. The minimum Gasteiger partial charge on any atom is -0.358 e. The van der Waals surface area contributed by atoms with Gasteiger partial charge in [-0.15, -0.1) is 0 Å². The van der Waals surface area contributed by atoms with Gasteiger partial charge in [0.2, 0.25) is 5.91 Å². The van der Waals surface area contributed by atoms with Crippen LogP contribution in [0.15, 0.2) is 12.1 Å². The second-order valence-corrected chi connectivity index (χ2v) is 4.25. The Morgan fingerprint density at radius 1 is 1.44 bits per heavy atom. The van der Waals surface area contributed by atoms with Crippen LogP contribution in [0.2, 0.25) is 5.15 Å². The zero-order valence-corrected chi connectivity index (χ0v) is 11.4. The molecule has 18 heavy (non-hydrogen) atoms. The number of rotatable bonds is 4. The third-order valence-corrected chi connectivity index (χ3v) is 2.66. The van der Waals surface area contributed by atoms with Gasteiger partial charge in [0, 0.05) is 25.4 Å². The highest BCUT2D eigenvalue weighted by Crippen LogP contribution is 2.13. The Hall–Kier alpha value is -1.62. The number of likely N-dealkylation sites (N-methyl/N-ethyl adjacent to an activating group) is 2. The molecular formula is C12H16ClN3O2. The first-order valence-electron chi connectivity index (χ1n) is 5.60. The first-order valence-corrected chi connectivity index (χ1v) is 5.98. The Bertz CT molecular complexity index is 463. The van der Waals surface area contributed by atoms with Crippen molar-refractivity contribution >= 4 is 23.4 Å². The lowest BCUT2D eigenvalue weighted by molar-refractivity contribution is -0.121. The number of hydrogen-bond donors (Lipinski definition) is 1. The van der Waals surface area contributed by atoms with Crippen molar-refractivity contribution in [2.75, 3.05) is 20.6 Å². The summed E-state index contributed by atoms with van der Waals surface area (Å²) in [5, 5.41) is 2.75. The first kappa shape index (κ1) is 14.4. The number of pyridine rings is 1. The average Bonchev–Trinajstić information content (AvgIpc) is 2.36. The van der Waals surface area contributed by atoms with E-state index in [2.05, 4.69) is 10.3 Å². The molecule has 0 bridgehead atoms. The average molecular weight is 270 g/mol. The quantitative estimate of drug-likeness (QED) is 0.833. The Kier molecular flexibility index (Phi) is 5.09. The van der Waals surface area contributed by atoms with Gasteiger partial charge in [-0.2, -0.15) is 0 Å². The lowest BCUT2D eigenvalue weighted by Crippen LogP contribution is -2.36. The molecule has 0 spiro atoms. The fourth-order valence-electron chi connectivity index (χ4n) is 1.44. The molecule has 0 unspecified atom stereocenters. The summed E-state index contributed by atoms with van der Waals surface area (Å²) in [4.78, 5) is 28.7. The summed E-state index contributed by atoms with van der Waals surface area (Å²) in [6.07, 6.45) is 0.694. The molecule has 1 heterocycles. The number of amides is 2. The molecule has 0 aliphatic carbocycles. The first-order chi connectivity index (χ1) is 8.47. The van der Waals surface area contributed by atoms with E-state index in [1.54, 1.807) is 13.1 Å². The van der Waals surface area contributed by atoms with E-state index in [1.165, 1.54) is 18.0 Å². The molecule has 0 aliphatic rings. The van der Waals surface area contributed by atoms with Crippen LogP contribution in [-0.2, 0) is 11.2 Å². The van der Waals surface area contributed by atoms with Crippen molar-refractivity contribution in [2.45, 2.75) is 13.3 Å². The second kappa shape index (κ2) is 6.35. The van der Waals surface area contributed by atoms with Gasteiger partial charge in [-0.05, 0) is 18.6 Å². The zero-order chi connectivity index (χ0) is 13.7.